The molecule has 0 heterocycles. The normalized spacial score (nSPS) is 16.2. The van der Waals surface area contributed by atoms with Crippen LogP contribution in [0.3, 0.4) is 0 Å². The molecular weight excluding hydrogens is 242 g/mol. The molecule has 6 heteroatoms. The second-order valence-electron chi connectivity index (χ2n) is 4.42. The lowest BCUT2D eigenvalue weighted by molar-refractivity contribution is -0.123. The standard InChI is InChI=1S/C12H14F2N2O2/c1-18-10-5-8(13)7(4-9(10)14)6-16-11(17)12(15)2-3-12/h4-5H,2-3,6,15H2,1H3,(H,16,17). The average molecular weight is 256 g/mol. The molecule has 1 amide bonds. The molecule has 3 N–H and O–H groups in total. The minimum atomic E-state index is -0.818. The average Bonchev–Trinajstić information content (AvgIpc) is 3.08. The summed E-state index contributed by atoms with van der Waals surface area (Å²) in [4.78, 5) is 11.5. The Kier molecular flexibility index (Phi) is 3.21. The van der Waals surface area contributed by atoms with Crippen LogP contribution in [0.4, 0.5) is 8.78 Å². The van der Waals surface area contributed by atoms with Gasteiger partial charge in [0.2, 0.25) is 5.91 Å². The number of hydrogen-bond acceptors (Lipinski definition) is 3. The minimum absolute atomic E-state index is 0.0610. The Morgan fingerprint density at radius 1 is 1.44 bits per heavy atom. The molecule has 0 spiro atoms. The van der Waals surface area contributed by atoms with Crippen LogP contribution in [0, 0.1) is 11.6 Å². The van der Waals surface area contributed by atoms with Crippen LogP contribution in [0.15, 0.2) is 12.1 Å². The monoisotopic (exact) mass is 256 g/mol. The van der Waals surface area contributed by atoms with Gasteiger partial charge in [0.05, 0.1) is 12.6 Å². The van der Waals surface area contributed by atoms with Gasteiger partial charge in [0, 0.05) is 18.2 Å². The largest absolute Gasteiger partial charge is 0.494 e. The van der Waals surface area contributed by atoms with Crippen LogP contribution >= 0.6 is 0 Å². The molecule has 4 nitrogen and oxygen atoms in total. The Hall–Kier alpha value is -1.69. The van der Waals surface area contributed by atoms with Gasteiger partial charge in [-0.3, -0.25) is 4.79 Å². The van der Waals surface area contributed by atoms with E-state index in [1.54, 1.807) is 0 Å². The molecule has 1 aliphatic rings. The number of carbonyl (C=O) groups is 1. The van der Waals surface area contributed by atoms with Crippen LogP contribution in [-0.2, 0) is 11.3 Å². The highest BCUT2D eigenvalue weighted by molar-refractivity contribution is 5.88. The summed E-state index contributed by atoms with van der Waals surface area (Å²) in [6.45, 7) is -0.0927. The second kappa shape index (κ2) is 4.53. The van der Waals surface area contributed by atoms with Gasteiger partial charge in [-0.2, -0.15) is 0 Å². The molecule has 1 saturated carbocycles. The first kappa shape index (κ1) is 12.8. The van der Waals surface area contributed by atoms with Crippen LogP contribution in [0.1, 0.15) is 18.4 Å². The van der Waals surface area contributed by atoms with Gasteiger partial charge < -0.3 is 15.8 Å². The van der Waals surface area contributed by atoms with Crippen molar-refractivity contribution in [2.75, 3.05) is 7.11 Å². The zero-order valence-electron chi connectivity index (χ0n) is 9.93. The van der Waals surface area contributed by atoms with Crippen molar-refractivity contribution in [3.05, 3.63) is 29.3 Å². The van der Waals surface area contributed by atoms with Crippen molar-refractivity contribution in [1.29, 1.82) is 0 Å². The summed E-state index contributed by atoms with van der Waals surface area (Å²) in [5.41, 5.74) is 4.91. The fraction of sp³-hybridized carbons (Fsp3) is 0.417. The topological polar surface area (TPSA) is 64.3 Å². The number of rotatable bonds is 4. The Bertz CT molecular complexity index is 487. The molecule has 0 aliphatic heterocycles. The Balaban J connectivity index is 2.05. The molecular formula is C12H14F2N2O2. The van der Waals surface area contributed by atoms with Gasteiger partial charge in [0.15, 0.2) is 11.6 Å². The SMILES string of the molecule is COc1cc(F)c(CNC(=O)C2(N)CC2)cc1F. The number of benzene rings is 1. The van der Waals surface area contributed by atoms with E-state index < -0.39 is 17.2 Å². The number of nitrogens with one attached hydrogen (secondary N) is 1. The summed E-state index contributed by atoms with van der Waals surface area (Å²) in [5, 5.41) is 2.50. The highest BCUT2D eigenvalue weighted by Gasteiger charge is 2.45. The van der Waals surface area contributed by atoms with Crippen LogP contribution in [-0.4, -0.2) is 18.6 Å². The van der Waals surface area contributed by atoms with Crippen molar-refractivity contribution in [3.63, 3.8) is 0 Å². The molecule has 2 rings (SSSR count). The summed E-state index contributed by atoms with van der Waals surface area (Å²) in [5.74, 6) is -1.80. The molecule has 1 fully saturated rings. The molecule has 18 heavy (non-hydrogen) atoms. The first-order chi connectivity index (χ1) is 8.46. The highest BCUT2D eigenvalue weighted by atomic mass is 19.1. The van der Waals surface area contributed by atoms with Crippen molar-refractivity contribution in [1.82, 2.24) is 5.32 Å². The van der Waals surface area contributed by atoms with E-state index in [9.17, 15) is 13.6 Å². The zero-order valence-corrected chi connectivity index (χ0v) is 9.93. The van der Waals surface area contributed by atoms with E-state index in [4.69, 9.17) is 5.73 Å². The van der Waals surface area contributed by atoms with Gasteiger partial charge in [0.25, 0.3) is 0 Å². The molecule has 1 aromatic rings. The van der Waals surface area contributed by atoms with Gasteiger partial charge in [-0.15, -0.1) is 0 Å². The highest BCUT2D eigenvalue weighted by Crippen LogP contribution is 2.32. The molecule has 0 bridgehead atoms. The Morgan fingerprint density at radius 2 is 2.11 bits per heavy atom. The lowest BCUT2D eigenvalue weighted by atomic mass is 10.2. The molecule has 0 atom stereocenters. The molecule has 0 radical (unpaired) electrons. The molecule has 98 valence electrons. The first-order valence-electron chi connectivity index (χ1n) is 5.55. The van der Waals surface area contributed by atoms with Gasteiger partial charge in [-0.1, -0.05) is 0 Å². The van der Waals surface area contributed by atoms with Crippen LogP contribution in [0.25, 0.3) is 0 Å². The van der Waals surface area contributed by atoms with Gasteiger partial charge >= 0.3 is 0 Å². The third kappa shape index (κ3) is 2.43. The maximum Gasteiger partial charge on any atom is 0.240 e. The van der Waals surface area contributed by atoms with Crippen molar-refractivity contribution < 1.29 is 18.3 Å². The smallest absolute Gasteiger partial charge is 0.240 e. The van der Waals surface area contributed by atoms with Gasteiger partial charge in [0.1, 0.15) is 5.82 Å². The number of carbonyl (C=O) groups excluding carboxylic acids is 1. The van der Waals surface area contributed by atoms with E-state index in [2.05, 4.69) is 10.1 Å². The fourth-order valence-electron chi connectivity index (χ4n) is 1.57. The predicted molar refractivity (Wildman–Crippen MR) is 60.9 cm³/mol. The van der Waals surface area contributed by atoms with Crippen LogP contribution in [0.2, 0.25) is 0 Å². The summed E-state index contributed by atoms with van der Waals surface area (Å²) >= 11 is 0. The summed E-state index contributed by atoms with van der Waals surface area (Å²) < 4.78 is 31.6. The quantitative estimate of drug-likeness (QED) is 0.847. The minimum Gasteiger partial charge on any atom is -0.494 e. The van der Waals surface area contributed by atoms with Gasteiger partial charge in [-0.25, -0.2) is 8.78 Å². The molecule has 1 aliphatic carbocycles. The molecule has 0 unspecified atom stereocenters. The lowest BCUT2D eigenvalue weighted by Crippen LogP contribution is -2.42. The summed E-state index contributed by atoms with van der Waals surface area (Å²) in [6, 6.07) is 1.96. The van der Waals surface area contributed by atoms with Crippen molar-refractivity contribution >= 4 is 5.91 Å². The molecule has 0 saturated heterocycles. The number of hydrogen-bond donors (Lipinski definition) is 2. The summed E-state index contributed by atoms with van der Waals surface area (Å²) in [7, 11) is 1.25. The maximum atomic E-state index is 13.6. The fourth-order valence-corrected chi connectivity index (χ4v) is 1.57. The van der Waals surface area contributed by atoms with E-state index in [0.29, 0.717) is 12.8 Å². The number of halogens is 2. The van der Waals surface area contributed by atoms with Gasteiger partial charge in [-0.05, 0) is 18.9 Å². The van der Waals surface area contributed by atoms with Crippen LogP contribution < -0.4 is 15.8 Å². The zero-order chi connectivity index (χ0) is 13.3. The van der Waals surface area contributed by atoms with Crippen molar-refractivity contribution in [2.24, 2.45) is 5.73 Å². The molecule has 1 aromatic carbocycles. The van der Waals surface area contributed by atoms with Crippen LogP contribution in [0.5, 0.6) is 5.75 Å². The number of amides is 1. The Morgan fingerprint density at radius 3 is 2.67 bits per heavy atom. The van der Waals surface area contributed by atoms with Crippen molar-refractivity contribution in [2.45, 2.75) is 24.9 Å². The third-order valence-corrected chi connectivity index (χ3v) is 3.00. The van der Waals surface area contributed by atoms with E-state index >= 15 is 0 Å². The second-order valence-corrected chi connectivity index (χ2v) is 4.42. The van der Waals surface area contributed by atoms with E-state index in [0.717, 1.165) is 12.1 Å². The third-order valence-electron chi connectivity index (χ3n) is 3.00. The van der Waals surface area contributed by atoms with E-state index in [1.807, 2.05) is 0 Å². The summed E-state index contributed by atoms with van der Waals surface area (Å²) in [6.07, 6.45) is 1.25. The lowest BCUT2D eigenvalue weighted by Gasteiger charge is -2.11. The van der Waals surface area contributed by atoms with E-state index in [-0.39, 0.29) is 23.8 Å². The first-order valence-corrected chi connectivity index (χ1v) is 5.55. The number of ether oxygens (including phenoxy) is 1. The maximum absolute atomic E-state index is 13.6. The van der Waals surface area contributed by atoms with Crippen molar-refractivity contribution in [3.8, 4) is 5.75 Å². The predicted octanol–water partition coefficient (Wildman–Crippen LogP) is 1.08. The number of nitrogens with two attached hydrogens (primary N) is 1. The molecule has 0 aromatic heterocycles. The number of methoxy groups -OCH3 is 1. The van der Waals surface area contributed by atoms with E-state index in [1.165, 1.54) is 7.11 Å². The Labute approximate surface area is 103 Å².